The van der Waals surface area contributed by atoms with E-state index in [0.29, 0.717) is 13.0 Å². The Morgan fingerprint density at radius 2 is 2.40 bits per heavy atom. The summed E-state index contributed by atoms with van der Waals surface area (Å²) in [5, 5.41) is 0. The van der Waals surface area contributed by atoms with E-state index in [-0.39, 0.29) is 5.97 Å². The minimum absolute atomic E-state index is 0.0781. The molecule has 0 aromatic carbocycles. The molecule has 0 saturated carbocycles. The molecular weight excluding hydrogens is 128 g/mol. The minimum Gasteiger partial charge on any atom is -0.465 e. The maximum Gasteiger partial charge on any atom is 0.309 e. The van der Waals surface area contributed by atoms with Gasteiger partial charge in [-0.2, -0.15) is 0 Å². The number of rotatable bonds is 0. The van der Waals surface area contributed by atoms with E-state index in [0.717, 1.165) is 12.8 Å². The topological polar surface area (TPSA) is 26.3 Å². The quantitative estimate of drug-likeness (QED) is 0.378. The average Bonchev–Trinajstić information content (AvgIpc) is 2.13. The third kappa shape index (κ3) is 1.87. The van der Waals surface area contributed by atoms with E-state index in [1.807, 2.05) is 13.0 Å². The van der Waals surface area contributed by atoms with Gasteiger partial charge in [0.2, 0.25) is 0 Å². The summed E-state index contributed by atoms with van der Waals surface area (Å²) in [7, 11) is 0. The van der Waals surface area contributed by atoms with Crippen LogP contribution in [0, 0.1) is 0 Å². The molecule has 1 saturated heterocycles. The Morgan fingerprint density at radius 3 is 3.10 bits per heavy atom. The summed E-state index contributed by atoms with van der Waals surface area (Å²) in [6.07, 6.45) is 4.50. The molecule has 0 unspecified atom stereocenters. The Bertz CT molecular complexity index is 159. The normalized spacial score (nSPS) is 24.1. The smallest absolute Gasteiger partial charge is 0.309 e. The van der Waals surface area contributed by atoms with Crippen molar-refractivity contribution in [1.82, 2.24) is 0 Å². The highest BCUT2D eigenvalue weighted by Crippen LogP contribution is 2.14. The first kappa shape index (κ1) is 7.32. The van der Waals surface area contributed by atoms with Crippen molar-refractivity contribution in [2.45, 2.75) is 26.2 Å². The fourth-order valence-corrected chi connectivity index (χ4v) is 1.06. The summed E-state index contributed by atoms with van der Waals surface area (Å²) in [6, 6.07) is 0. The van der Waals surface area contributed by atoms with E-state index in [1.54, 1.807) is 0 Å². The van der Waals surface area contributed by atoms with Crippen molar-refractivity contribution in [3.05, 3.63) is 11.6 Å². The third-order valence-corrected chi connectivity index (χ3v) is 1.68. The van der Waals surface area contributed by atoms with Gasteiger partial charge in [0.15, 0.2) is 0 Å². The van der Waals surface area contributed by atoms with Gasteiger partial charge in [-0.15, -0.1) is 0 Å². The Morgan fingerprint density at radius 1 is 1.60 bits per heavy atom. The molecular formula is C8H12O2. The van der Waals surface area contributed by atoms with Crippen LogP contribution in [0.4, 0.5) is 0 Å². The van der Waals surface area contributed by atoms with Crippen molar-refractivity contribution in [1.29, 1.82) is 0 Å². The monoisotopic (exact) mass is 140 g/mol. The van der Waals surface area contributed by atoms with Gasteiger partial charge in [0, 0.05) is 0 Å². The highest BCUT2D eigenvalue weighted by Gasteiger charge is 2.10. The van der Waals surface area contributed by atoms with Gasteiger partial charge in [0.25, 0.3) is 0 Å². The van der Waals surface area contributed by atoms with Crippen LogP contribution in [-0.2, 0) is 9.53 Å². The first-order valence-electron chi connectivity index (χ1n) is 3.62. The lowest BCUT2D eigenvalue weighted by atomic mass is 10.1. The van der Waals surface area contributed by atoms with E-state index in [2.05, 4.69) is 0 Å². The van der Waals surface area contributed by atoms with Gasteiger partial charge in [-0.25, -0.2) is 0 Å². The van der Waals surface area contributed by atoms with Crippen LogP contribution in [0.25, 0.3) is 0 Å². The largest absolute Gasteiger partial charge is 0.465 e. The molecule has 2 nitrogen and oxygen atoms in total. The van der Waals surface area contributed by atoms with Crippen LogP contribution < -0.4 is 0 Å². The predicted octanol–water partition coefficient (Wildman–Crippen LogP) is 1.66. The molecule has 56 valence electrons. The molecule has 0 bridgehead atoms. The maximum absolute atomic E-state index is 10.8. The van der Waals surface area contributed by atoms with E-state index in [1.165, 1.54) is 5.57 Å². The molecule has 10 heavy (non-hydrogen) atoms. The van der Waals surface area contributed by atoms with E-state index in [4.69, 9.17) is 4.74 Å². The summed E-state index contributed by atoms with van der Waals surface area (Å²) in [6.45, 7) is 2.56. The highest BCUT2D eigenvalue weighted by molar-refractivity contribution is 5.72. The zero-order valence-electron chi connectivity index (χ0n) is 6.22. The third-order valence-electron chi connectivity index (χ3n) is 1.68. The summed E-state index contributed by atoms with van der Waals surface area (Å²) in [5.41, 5.74) is 1.21. The van der Waals surface area contributed by atoms with E-state index < -0.39 is 0 Å². The molecule has 0 radical (unpaired) electrons. The molecule has 1 fully saturated rings. The molecule has 1 rings (SSSR count). The van der Waals surface area contributed by atoms with Crippen molar-refractivity contribution < 1.29 is 9.53 Å². The van der Waals surface area contributed by atoms with Crippen LogP contribution >= 0.6 is 0 Å². The van der Waals surface area contributed by atoms with E-state index in [9.17, 15) is 4.79 Å². The molecule has 2 heteroatoms. The molecule has 0 N–H and O–H groups in total. The number of carbonyl (C=O) groups excluding carboxylic acids is 1. The van der Waals surface area contributed by atoms with Crippen LogP contribution in [0.15, 0.2) is 11.6 Å². The first-order chi connectivity index (χ1) is 4.83. The number of carbonyl (C=O) groups is 1. The summed E-state index contributed by atoms with van der Waals surface area (Å²) >= 11 is 0. The molecule has 0 aliphatic carbocycles. The number of esters is 1. The van der Waals surface area contributed by atoms with Crippen molar-refractivity contribution >= 4 is 5.97 Å². The number of cyclic esters (lactones) is 1. The van der Waals surface area contributed by atoms with Crippen LogP contribution in [0.1, 0.15) is 26.2 Å². The second-order valence-corrected chi connectivity index (χ2v) is 2.45. The fraction of sp³-hybridized carbons (Fsp3) is 0.625. The summed E-state index contributed by atoms with van der Waals surface area (Å²) in [5.74, 6) is -0.0781. The lowest BCUT2D eigenvalue weighted by molar-refractivity contribution is -0.142. The Balaban J connectivity index is 2.54. The molecule has 0 aromatic rings. The SMILES string of the molecule is C/C=C1\CCCOC(=O)C1. The second-order valence-electron chi connectivity index (χ2n) is 2.45. The Labute approximate surface area is 60.9 Å². The number of ether oxygens (including phenoxy) is 1. The number of allylic oxidation sites excluding steroid dienone is 1. The molecule has 0 atom stereocenters. The molecule has 1 heterocycles. The molecule has 0 aromatic heterocycles. The Hall–Kier alpha value is -0.790. The molecule has 1 aliphatic rings. The van der Waals surface area contributed by atoms with Crippen molar-refractivity contribution in [3.63, 3.8) is 0 Å². The summed E-state index contributed by atoms with van der Waals surface area (Å²) in [4.78, 5) is 10.8. The van der Waals surface area contributed by atoms with Gasteiger partial charge in [-0.3, -0.25) is 4.79 Å². The zero-order chi connectivity index (χ0) is 7.40. The van der Waals surface area contributed by atoms with Gasteiger partial charge in [-0.1, -0.05) is 11.6 Å². The maximum atomic E-state index is 10.8. The van der Waals surface area contributed by atoms with Crippen molar-refractivity contribution in [3.8, 4) is 0 Å². The Kier molecular flexibility index (Phi) is 2.49. The van der Waals surface area contributed by atoms with Gasteiger partial charge in [0.1, 0.15) is 0 Å². The molecule has 1 aliphatic heterocycles. The van der Waals surface area contributed by atoms with Crippen molar-refractivity contribution in [2.24, 2.45) is 0 Å². The zero-order valence-corrected chi connectivity index (χ0v) is 6.22. The minimum atomic E-state index is -0.0781. The number of hydrogen-bond donors (Lipinski definition) is 0. The van der Waals surface area contributed by atoms with Gasteiger partial charge in [-0.05, 0) is 19.8 Å². The van der Waals surface area contributed by atoms with Crippen LogP contribution in [-0.4, -0.2) is 12.6 Å². The fourth-order valence-electron chi connectivity index (χ4n) is 1.06. The van der Waals surface area contributed by atoms with Crippen LogP contribution in [0.5, 0.6) is 0 Å². The molecule has 0 spiro atoms. The second kappa shape index (κ2) is 3.40. The van der Waals surface area contributed by atoms with Crippen molar-refractivity contribution in [2.75, 3.05) is 6.61 Å². The lowest BCUT2D eigenvalue weighted by Gasteiger charge is -1.96. The predicted molar refractivity (Wildman–Crippen MR) is 38.6 cm³/mol. The molecule has 0 amide bonds. The first-order valence-corrected chi connectivity index (χ1v) is 3.62. The standard InChI is InChI=1S/C8H12O2/c1-2-7-4-3-5-10-8(9)6-7/h2H,3-6H2,1H3/b7-2+. The van der Waals surface area contributed by atoms with Crippen LogP contribution in [0.3, 0.4) is 0 Å². The number of hydrogen-bond acceptors (Lipinski definition) is 2. The van der Waals surface area contributed by atoms with Gasteiger partial charge in [0.05, 0.1) is 13.0 Å². The average molecular weight is 140 g/mol. The highest BCUT2D eigenvalue weighted by atomic mass is 16.5. The summed E-state index contributed by atoms with van der Waals surface area (Å²) < 4.78 is 4.86. The van der Waals surface area contributed by atoms with Gasteiger partial charge < -0.3 is 4.74 Å². The van der Waals surface area contributed by atoms with Crippen LogP contribution in [0.2, 0.25) is 0 Å². The lowest BCUT2D eigenvalue weighted by Crippen LogP contribution is -2.01. The van der Waals surface area contributed by atoms with E-state index >= 15 is 0 Å². The van der Waals surface area contributed by atoms with Gasteiger partial charge >= 0.3 is 5.97 Å².